The first-order valence-electron chi connectivity index (χ1n) is 6.68. The third-order valence-electron chi connectivity index (χ3n) is 3.86. The van der Waals surface area contributed by atoms with Crippen molar-refractivity contribution in [3.63, 3.8) is 0 Å². The number of nitrogens with zero attached hydrogens (tertiary/aromatic N) is 2. The molecule has 1 fully saturated rings. The Morgan fingerprint density at radius 3 is 2.76 bits per heavy atom. The molecule has 2 aliphatic heterocycles. The van der Waals surface area contributed by atoms with Crippen LogP contribution in [0.4, 0.5) is 5.69 Å². The highest BCUT2D eigenvalue weighted by Gasteiger charge is 2.44. The van der Waals surface area contributed by atoms with E-state index >= 15 is 0 Å². The number of nitrogens with two attached hydrogens (primary N) is 1. The smallest absolute Gasteiger partial charge is 0.323 e. The maximum atomic E-state index is 12.6. The van der Waals surface area contributed by atoms with Gasteiger partial charge in [0.25, 0.3) is 5.91 Å². The minimum absolute atomic E-state index is 0.264. The molecule has 1 aromatic carbocycles. The first-order valence-corrected chi connectivity index (χ1v) is 6.68. The predicted octanol–water partition coefficient (Wildman–Crippen LogP) is -0.340. The Labute approximate surface area is 120 Å². The van der Waals surface area contributed by atoms with Crippen molar-refractivity contribution in [2.75, 3.05) is 18.0 Å². The van der Waals surface area contributed by atoms with Gasteiger partial charge in [-0.05, 0) is 18.6 Å². The molecule has 3 N–H and O–H groups in total. The van der Waals surface area contributed by atoms with Crippen molar-refractivity contribution in [1.29, 1.82) is 0 Å². The standard InChI is InChI=1S/C14H15N3O4/c15-8-5-11-14(21)17(7-12(18)19)10-4-2-1-3-9(10)13(20)16(11)6-8/h1-4,8,11H,5-7,15H2,(H,18,19)/t8-,11?/m0/s1. The molecule has 2 aliphatic rings. The summed E-state index contributed by atoms with van der Waals surface area (Å²) in [5, 5.41) is 9.04. The van der Waals surface area contributed by atoms with Crippen LogP contribution >= 0.6 is 0 Å². The van der Waals surface area contributed by atoms with E-state index in [1.807, 2.05) is 0 Å². The monoisotopic (exact) mass is 289 g/mol. The zero-order valence-corrected chi connectivity index (χ0v) is 11.2. The molecule has 110 valence electrons. The summed E-state index contributed by atoms with van der Waals surface area (Å²) in [5.74, 6) is -1.78. The number of rotatable bonds is 2. The lowest BCUT2D eigenvalue weighted by Gasteiger charge is -2.24. The Kier molecular flexibility index (Phi) is 3.13. The minimum Gasteiger partial charge on any atom is -0.480 e. The summed E-state index contributed by atoms with van der Waals surface area (Å²) in [6, 6.07) is 5.62. The van der Waals surface area contributed by atoms with E-state index < -0.39 is 18.6 Å². The lowest BCUT2D eigenvalue weighted by atomic mass is 10.1. The summed E-state index contributed by atoms with van der Waals surface area (Å²) in [6.45, 7) is -0.160. The van der Waals surface area contributed by atoms with Crippen molar-refractivity contribution in [3.05, 3.63) is 29.8 Å². The van der Waals surface area contributed by atoms with Crippen molar-refractivity contribution in [2.24, 2.45) is 5.73 Å². The largest absolute Gasteiger partial charge is 0.480 e. The number of hydrogen-bond donors (Lipinski definition) is 2. The number of para-hydroxylation sites is 1. The Balaban J connectivity index is 2.12. The molecule has 3 rings (SSSR count). The number of benzene rings is 1. The number of carboxylic acid groups (broad SMARTS) is 1. The number of carboxylic acids is 1. The van der Waals surface area contributed by atoms with E-state index in [9.17, 15) is 14.4 Å². The average molecular weight is 289 g/mol. The number of anilines is 1. The Morgan fingerprint density at radius 1 is 1.33 bits per heavy atom. The molecule has 0 aliphatic carbocycles. The van der Waals surface area contributed by atoms with E-state index in [1.165, 1.54) is 4.90 Å². The van der Waals surface area contributed by atoms with Gasteiger partial charge >= 0.3 is 5.97 Å². The molecule has 2 atom stereocenters. The molecule has 2 amide bonds. The Hall–Kier alpha value is -2.41. The van der Waals surface area contributed by atoms with Crippen LogP contribution in [0, 0.1) is 0 Å². The number of fused-ring (bicyclic) bond motifs is 2. The summed E-state index contributed by atoms with van der Waals surface area (Å²) in [4.78, 5) is 38.9. The molecule has 1 aromatic rings. The number of hydrogen-bond acceptors (Lipinski definition) is 4. The fourth-order valence-electron chi connectivity index (χ4n) is 2.97. The van der Waals surface area contributed by atoms with Crippen LogP contribution in [0.5, 0.6) is 0 Å². The zero-order valence-electron chi connectivity index (χ0n) is 11.2. The van der Waals surface area contributed by atoms with Crippen LogP contribution in [0.1, 0.15) is 16.8 Å². The van der Waals surface area contributed by atoms with E-state index in [1.54, 1.807) is 24.3 Å². The highest BCUT2D eigenvalue weighted by atomic mass is 16.4. The number of carbonyl (C=O) groups is 3. The first-order chi connectivity index (χ1) is 9.99. The summed E-state index contributed by atoms with van der Waals surface area (Å²) >= 11 is 0. The second kappa shape index (κ2) is 4.85. The van der Waals surface area contributed by atoms with Gasteiger partial charge in [0.05, 0.1) is 11.3 Å². The molecule has 0 radical (unpaired) electrons. The molecule has 0 bridgehead atoms. The van der Waals surface area contributed by atoms with E-state index in [0.717, 1.165) is 4.90 Å². The molecule has 21 heavy (non-hydrogen) atoms. The lowest BCUT2D eigenvalue weighted by molar-refractivity contribution is -0.137. The van der Waals surface area contributed by atoms with Gasteiger partial charge in [0, 0.05) is 12.6 Å². The lowest BCUT2D eigenvalue weighted by Crippen LogP contribution is -2.46. The fraction of sp³-hybridized carbons (Fsp3) is 0.357. The van der Waals surface area contributed by atoms with Gasteiger partial charge in [0.15, 0.2) is 0 Å². The van der Waals surface area contributed by atoms with Crippen LogP contribution < -0.4 is 10.6 Å². The van der Waals surface area contributed by atoms with E-state index in [4.69, 9.17) is 10.8 Å². The van der Waals surface area contributed by atoms with Gasteiger partial charge in [0.2, 0.25) is 5.91 Å². The number of aliphatic carboxylic acids is 1. The molecule has 7 heteroatoms. The van der Waals surface area contributed by atoms with Gasteiger partial charge < -0.3 is 15.7 Å². The van der Waals surface area contributed by atoms with Crippen LogP contribution in [0.15, 0.2) is 24.3 Å². The highest BCUT2D eigenvalue weighted by Crippen LogP contribution is 2.31. The summed E-state index contributed by atoms with van der Waals surface area (Å²) in [5.41, 5.74) is 6.54. The van der Waals surface area contributed by atoms with Crippen molar-refractivity contribution in [3.8, 4) is 0 Å². The topological polar surface area (TPSA) is 104 Å². The number of carbonyl (C=O) groups excluding carboxylic acids is 2. The van der Waals surface area contributed by atoms with Crippen LogP contribution in [-0.4, -0.2) is 53.0 Å². The van der Waals surface area contributed by atoms with Gasteiger partial charge in [-0.3, -0.25) is 19.3 Å². The molecule has 0 spiro atoms. The van der Waals surface area contributed by atoms with Gasteiger partial charge in [-0.25, -0.2) is 0 Å². The Bertz CT molecular complexity index is 630. The molecule has 2 heterocycles. The van der Waals surface area contributed by atoms with Gasteiger partial charge in [-0.2, -0.15) is 0 Å². The van der Waals surface area contributed by atoms with Crippen LogP contribution in [0.2, 0.25) is 0 Å². The average Bonchev–Trinajstić information content (AvgIpc) is 2.82. The Morgan fingerprint density at radius 2 is 2.05 bits per heavy atom. The van der Waals surface area contributed by atoms with Crippen LogP contribution in [0.25, 0.3) is 0 Å². The van der Waals surface area contributed by atoms with E-state index in [0.29, 0.717) is 24.2 Å². The minimum atomic E-state index is -1.12. The van der Waals surface area contributed by atoms with Crippen molar-refractivity contribution in [2.45, 2.75) is 18.5 Å². The maximum absolute atomic E-state index is 12.6. The molecule has 1 saturated heterocycles. The first kappa shape index (κ1) is 13.6. The predicted molar refractivity (Wildman–Crippen MR) is 73.8 cm³/mol. The third kappa shape index (κ3) is 2.15. The molecule has 0 aromatic heterocycles. The second-order valence-electron chi connectivity index (χ2n) is 5.30. The molecule has 7 nitrogen and oxygen atoms in total. The van der Waals surface area contributed by atoms with Crippen LogP contribution in [0.3, 0.4) is 0 Å². The molecular formula is C14H15N3O4. The highest BCUT2D eigenvalue weighted by molar-refractivity contribution is 6.12. The number of amides is 2. The van der Waals surface area contributed by atoms with Crippen molar-refractivity contribution >= 4 is 23.5 Å². The van der Waals surface area contributed by atoms with E-state index in [-0.39, 0.29) is 17.9 Å². The van der Waals surface area contributed by atoms with Gasteiger partial charge in [0.1, 0.15) is 12.6 Å². The van der Waals surface area contributed by atoms with Gasteiger partial charge in [-0.15, -0.1) is 0 Å². The van der Waals surface area contributed by atoms with Crippen molar-refractivity contribution in [1.82, 2.24) is 4.90 Å². The van der Waals surface area contributed by atoms with E-state index in [2.05, 4.69) is 0 Å². The fourth-order valence-corrected chi connectivity index (χ4v) is 2.97. The second-order valence-corrected chi connectivity index (χ2v) is 5.30. The zero-order chi connectivity index (χ0) is 15.1. The maximum Gasteiger partial charge on any atom is 0.323 e. The molecular weight excluding hydrogens is 274 g/mol. The normalized spacial score (nSPS) is 24.6. The van der Waals surface area contributed by atoms with Gasteiger partial charge in [-0.1, -0.05) is 12.1 Å². The third-order valence-corrected chi connectivity index (χ3v) is 3.86. The quantitative estimate of drug-likeness (QED) is 0.775. The SMILES string of the molecule is N[C@H]1CC2C(=O)N(CC(=O)O)c3ccccc3C(=O)N2C1. The van der Waals surface area contributed by atoms with Crippen molar-refractivity contribution < 1.29 is 19.5 Å². The molecule has 0 saturated carbocycles. The van der Waals surface area contributed by atoms with Crippen LogP contribution in [-0.2, 0) is 9.59 Å². The molecule has 1 unspecified atom stereocenters. The summed E-state index contributed by atoms with van der Waals surface area (Å²) in [7, 11) is 0. The summed E-state index contributed by atoms with van der Waals surface area (Å²) < 4.78 is 0. The summed E-state index contributed by atoms with van der Waals surface area (Å²) in [6.07, 6.45) is 0.356.